The Morgan fingerprint density at radius 2 is 1.86 bits per heavy atom. The number of piperidine rings is 1. The van der Waals surface area contributed by atoms with Gasteiger partial charge >= 0.3 is 0 Å². The number of ether oxygens (including phenoxy) is 1. The summed E-state index contributed by atoms with van der Waals surface area (Å²) >= 11 is 0. The van der Waals surface area contributed by atoms with E-state index in [-0.39, 0.29) is 17.9 Å². The predicted octanol–water partition coefficient (Wildman–Crippen LogP) is 4.58. The first-order valence-electron chi connectivity index (χ1n) is 12.6. The number of methoxy groups -OCH3 is 1. The fourth-order valence-corrected chi connectivity index (χ4v) is 6.13. The van der Waals surface area contributed by atoms with E-state index in [9.17, 15) is 9.90 Å². The Hall–Kier alpha value is -3.84. The van der Waals surface area contributed by atoms with Crippen LogP contribution in [0.3, 0.4) is 0 Å². The molecular formula is C29H28N4O3. The van der Waals surface area contributed by atoms with E-state index in [1.807, 2.05) is 18.2 Å². The van der Waals surface area contributed by atoms with Gasteiger partial charge in [-0.15, -0.1) is 0 Å². The van der Waals surface area contributed by atoms with Gasteiger partial charge in [0.05, 0.1) is 29.8 Å². The van der Waals surface area contributed by atoms with Crippen LogP contribution in [-0.2, 0) is 10.2 Å². The molecule has 7 rings (SSSR count). The Balaban J connectivity index is 1.16. The first-order chi connectivity index (χ1) is 17.6. The molecule has 3 heterocycles. The SMILES string of the molecule is COc1ccc2c(c1)C1(C[C@H]1c1ccc3c(-c4ccc(N5CCC(O)CC5)cc4)n[nH]c3c1)C(=O)N2. The maximum Gasteiger partial charge on any atom is 0.235 e. The van der Waals surface area contributed by atoms with Crippen LogP contribution >= 0.6 is 0 Å². The molecule has 3 aliphatic rings. The summed E-state index contributed by atoms with van der Waals surface area (Å²) in [5.41, 5.74) is 6.70. The molecule has 1 saturated carbocycles. The average molecular weight is 481 g/mol. The smallest absolute Gasteiger partial charge is 0.235 e. The van der Waals surface area contributed by atoms with Crippen molar-refractivity contribution >= 4 is 28.2 Å². The standard InChI is InChI=1S/C29H28N4O3/c1-36-21-7-9-25-23(15-21)29(28(35)30-25)16-24(29)18-4-8-22-26(14-18)31-32-27(22)17-2-5-19(6-3-17)33-12-10-20(34)11-13-33/h2-9,14-15,20,24,34H,10-13,16H2,1H3,(H,30,35)(H,31,32)/t24-,29?/m0/s1. The average Bonchev–Trinajstić information content (AvgIpc) is 3.44. The molecule has 1 amide bonds. The van der Waals surface area contributed by atoms with E-state index >= 15 is 0 Å². The Kier molecular flexibility index (Phi) is 4.66. The summed E-state index contributed by atoms with van der Waals surface area (Å²) in [6.45, 7) is 1.76. The number of carbonyl (C=O) groups is 1. The van der Waals surface area contributed by atoms with Crippen LogP contribution in [0.15, 0.2) is 60.7 Å². The second-order valence-electron chi connectivity index (χ2n) is 10.2. The Morgan fingerprint density at radius 1 is 1.06 bits per heavy atom. The van der Waals surface area contributed by atoms with Crippen molar-refractivity contribution in [2.24, 2.45) is 0 Å². The molecule has 3 aromatic carbocycles. The molecule has 0 radical (unpaired) electrons. The number of amides is 1. The van der Waals surface area contributed by atoms with E-state index in [1.165, 1.54) is 5.69 Å². The van der Waals surface area contributed by atoms with Gasteiger partial charge in [-0.25, -0.2) is 0 Å². The van der Waals surface area contributed by atoms with E-state index in [4.69, 9.17) is 4.74 Å². The molecule has 2 aliphatic heterocycles. The monoisotopic (exact) mass is 480 g/mol. The fourth-order valence-electron chi connectivity index (χ4n) is 6.13. The van der Waals surface area contributed by atoms with E-state index in [0.29, 0.717) is 0 Å². The number of aliphatic hydroxyl groups excluding tert-OH is 1. The number of carbonyl (C=O) groups excluding carboxylic acids is 1. The minimum atomic E-state index is -0.513. The van der Waals surface area contributed by atoms with Crippen LogP contribution in [0.4, 0.5) is 11.4 Å². The van der Waals surface area contributed by atoms with Gasteiger partial charge in [-0.05, 0) is 66.8 Å². The van der Waals surface area contributed by atoms with Crippen LogP contribution in [0, 0.1) is 0 Å². The topological polar surface area (TPSA) is 90.5 Å². The number of hydrogen-bond donors (Lipinski definition) is 3. The Bertz CT molecular complexity index is 1490. The van der Waals surface area contributed by atoms with Crippen LogP contribution in [-0.4, -0.2) is 47.5 Å². The molecule has 0 bridgehead atoms. The van der Waals surface area contributed by atoms with Crippen LogP contribution in [0.1, 0.15) is 36.3 Å². The van der Waals surface area contributed by atoms with Crippen LogP contribution in [0.25, 0.3) is 22.2 Å². The van der Waals surface area contributed by atoms with Crippen molar-refractivity contribution < 1.29 is 14.6 Å². The highest BCUT2D eigenvalue weighted by Crippen LogP contribution is 2.65. The summed E-state index contributed by atoms with van der Waals surface area (Å²) in [6.07, 6.45) is 2.25. The molecule has 1 aliphatic carbocycles. The van der Waals surface area contributed by atoms with Gasteiger partial charge in [0.2, 0.25) is 5.91 Å². The van der Waals surface area contributed by atoms with Gasteiger partial charge in [-0.3, -0.25) is 9.89 Å². The quantitative estimate of drug-likeness (QED) is 0.398. The summed E-state index contributed by atoms with van der Waals surface area (Å²) in [6, 6.07) is 20.7. The van der Waals surface area contributed by atoms with Gasteiger partial charge in [-0.1, -0.05) is 24.3 Å². The zero-order chi connectivity index (χ0) is 24.4. The summed E-state index contributed by atoms with van der Waals surface area (Å²) < 4.78 is 5.42. The molecule has 1 saturated heterocycles. The highest BCUT2D eigenvalue weighted by molar-refractivity contribution is 6.10. The van der Waals surface area contributed by atoms with Crippen molar-refractivity contribution in [1.82, 2.24) is 10.2 Å². The third kappa shape index (κ3) is 3.15. The fraction of sp³-hybridized carbons (Fsp3) is 0.310. The van der Waals surface area contributed by atoms with Gasteiger partial charge < -0.3 is 20.1 Å². The maximum atomic E-state index is 13.0. The van der Waals surface area contributed by atoms with Crippen molar-refractivity contribution in [1.29, 1.82) is 0 Å². The molecule has 7 nitrogen and oxygen atoms in total. The maximum absolute atomic E-state index is 13.0. The highest BCUT2D eigenvalue weighted by Gasteiger charge is 2.65. The lowest BCUT2D eigenvalue weighted by Crippen LogP contribution is -2.35. The highest BCUT2D eigenvalue weighted by atomic mass is 16.5. The van der Waals surface area contributed by atoms with Crippen molar-refractivity contribution in [3.8, 4) is 17.0 Å². The predicted molar refractivity (Wildman–Crippen MR) is 140 cm³/mol. The third-order valence-electron chi connectivity index (χ3n) is 8.28. The van der Waals surface area contributed by atoms with E-state index in [0.717, 1.165) is 77.1 Å². The molecule has 182 valence electrons. The van der Waals surface area contributed by atoms with Crippen molar-refractivity contribution in [3.05, 3.63) is 71.8 Å². The van der Waals surface area contributed by atoms with Crippen LogP contribution in [0.5, 0.6) is 5.75 Å². The summed E-state index contributed by atoms with van der Waals surface area (Å²) in [5, 5.41) is 21.8. The number of aromatic nitrogens is 2. The minimum absolute atomic E-state index is 0.0736. The summed E-state index contributed by atoms with van der Waals surface area (Å²) in [7, 11) is 1.65. The molecule has 2 fully saturated rings. The number of aliphatic hydroxyl groups is 1. The largest absolute Gasteiger partial charge is 0.497 e. The lowest BCUT2D eigenvalue weighted by molar-refractivity contribution is -0.118. The second kappa shape index (κ2) is 7.83. The molecule has 4 aromatic rings. The summed E-state index contributed by atoms with van der Waals surface area (Å²) in [4.78, 5) is 15.3. The molecule has 36 heavy (non-hydrogen) atoms. The van der Waals surface area contributed by atoms with Gasteiger partial charge in [0.25, 0.3) is 0 Å². The number of anilines is 2. The van der Waals surface area contributed by atoms with Crippen LogP contribution in [0.2, 0.25) is 0 Å². The number of aromatic amines is 1. The number of benzene rings is 3. The third-order valence-corrected chi connectivity index (χ3v) is 8.28. The first kappa shape index (κ1) is 21.4. The molecular weight excluding hydrogens is 452 g/mol. The molecule has 7 heteroatoms. The van der Waals surface area contributed by atoms with Gasteiger partial charge in [0, 0.05) is 41.3 Å². The Morgan fingerprint density at radius 3 is 2.64 bits per heavy atom. The number of hydrogen-bond acceptors (Lipinski definition) is 5. The van der Waals surface area contributed by atoms with Crippen molar-refractivity contribution in [2.45, 2.75) is 36.7 Å². The second-order valence-corrected chi connectivity index (χ2v) is 10.2. The van der Waals surface area contributed by atoms with Gasteiger partial charge in [0.1, 0.15) is 5.75 Å². The lowest BCUT2D eigenvalue weighted by atomic mass is 9.91. The number of nitrogens with one attached hydrogen (secondary N) is 2. The van der Waals surface area contributed by atoms with E-state index in [1.54, 1.807) is 7.11 Å². The molecule has 1 spiro atoms. The van der Waals surface area contributed by atoms with Crippen molar-refractivity contribution in [3.63, 3.8) is 0 Å². The minimum Gasteiger partial charge on any atom is -0.497 e. The number of fused-ring (bicyclic) bond motifs is 3. The van der Waals surface area contributed by atoms with Gasteiger partial charge in [-0.2, -0.15) is 5.10 Å². The zero-order valence-corrected chi connectivity index (χ0v) is 20.1. The Labute approximate surface area is 209 Å². The molecule has 3 N–H and O–H groups in total. The van der Waals surface area contributed by atoms with Crippen molar-refractivity contribution in [2.75, 3.05) is 30.4 Å². The number of H-pyrrole nitrogens is 1. The number of rotatable bonds is 4. The number of nitrogens with zero attached hydrogens (tertiary/aromatic N) is 2. The lowest BCUT2D eigenvalue weighted by Gasteiger charge is -2.31. The van der Waals surface area contributed by atoms with E-state index in [2.05, 4.69) is 62.9 Å². The molecule has 1 unspecified atom stereocenters. The molecule has 2 atom stereocenters. The summed E-state index contributed by atoms with van der Waals surface area (Å²) in [5.74, 6) is 0.974. The first-order valence-corrected chi connectivity index (χ1v) is 12.6. The van der Waals surface area contributed by atoms with Crippen LogP contribution < -0.4 is 15.0 Å². The zero-order valence-electron chi connectivity index (χ0n) is 20.1. The molecule has 1 aromatic heterocycles. The van der Waals surface area contributed by atoms with Gasteiger partial charge in [0.15, 0.2) is 0 Å². The normalized spacial score (nSPS) is 23.2. The van der Waals surface area contributed by atoms with E-state index < -0.39 is 5.41 Å².